The van der Waals surface area contributed by atoms with Crippen molar-refractivity contribution in [2.24, 2.45) is 0 Å². The fraction of sp³-hybridized carbons (Fsp3) is 0.533. The Morgan fingerprint density at radius 2 is 1.17 bits per heavy atom. The maximum Gasteiger partial charge on any atom is 0.303 e. The van der Waals surface area contributed by atoms with Crippen LogP contribution in [0.15, 0.2) is 28.9 Å². The average Bonchev–Trinajstić information content (AvgIpc) is 3.31. The normalized spacial score (nSPS) is 27.3. The average molecular weight is 728 g/mol. The van der Waals surface area contributed by atoms with Crippen LogP contribution < -0.4 is 4.74 Å². The monoisotopic (exact) mass is 727 g/mol. The van der Waals surface area contributed by atoms with Gasteiger partial charge in [-0.2, -0.15) is 0 Å². The van der Waals surface area contributed by atoms with Gasteiger partial charge in [0.25, 0.3) is 0 Å². The van der Waals surface area contributed by atoms with Crippen LogP contribution in [0.3, 0.4) is 0 Å². The van der Waals surface area contributed by atoms with Gasteiger partial charge in [0, 0.05) is 51.4 Å². The lowest BCUT2D eigenvalue weighted by Crippen LogP contribution is -2.63. The summed E-state index contributed by atoms with van der Waals surface area (Å²) in [6, 6.07) is 5.19. The van der Waals surface area contributed by atoms with Gasteiger partial charge in [0.05, 0.1) is 24.9 Å². The van der Waals surface area contributed by atoms with Gasteiger partial charge in [-0.3, -0.25) is 33.3 Å². The molecule has 17 heteroatoms. The van der Waals surface area contributed by atoms with E-state index in [0.29, 0.717) is 15.4 Å². The maximum absolute atomic E-state index is 12.3. The lowest BCUT2D eigenvalue weighted by atomic mass is 10.0. The third-order valence-corrected chi connectivity index (χ3v) is 7.41. The number of halogens is 1. The Kier molecular flexibility index (Phi) is 11.6. The zero-order valence-electron chi connectivity index (χ0n) is 26.3. The molecule has 0 N–H and O–H groups in total. The minimum Gasteiger partial charge on any atom is -0.458 e. The molecule has 2 aliphatic rings. The highest BCUT2D eigenvalue weighted by Crippen LogP contribution is 2.35. The van der Waals surface area contributed by atoms with E-state index in [0.717, 1.165) is 34.6 Å². The summed E-state index contributed by atoms with van der Waals surface area (Å²) in [5, 5.41) is 0.529. The van der Waals surface area contributed by atoms with E-state index in [4.69, 9.17) is 42.6 Å². The van der Waals surface area contributed by atoms with Crippen LogP contribution in [0.5, 0.6) is 5.75 Å². The molecule has 16 nitrogen and oxygen atoms in total. The molecule has 3 heterocycles. The van der Waals surface area contributed by atoms with Crippen LogP contribution in [0.25, 0.3) is 10.9 Å². The summed E-state index contributed by atoms with van der Waals surface area (Å²) < 4.78 is 53.2. The van der Waals surface area contributed by atoms with E-state index in [1.807, 2.05) is 0 Å². The Labute approximate surface area is 276 Å². The van der Waals surface area contributed by atoms with Gasteiger partial charge in [-0.1, -0.05) is 15.9 Å². The van der Waals surface area contributed by atoms with Gasteiger partial charge in [-0.15, -0.1) is 0 Å². The topological polar surface area (TPSA) is 190 Å². The largest absolute Gasteiger partial charge is 0.458 e. The van der Waals surface area contributed by atoms with Crippen molar-refractivity contribution in [1.29, 1.82) is 0 Å². The number of esters is 5. The number of carbonyl (C=O) groups is 6. The van der Waals surface area contributed by atoms with E-state index in [1.165, 1.54) is 17.7 Å². The van der Waals surface area contributed by atoms with E-state index in [-0.39, 0.29) is 24.9 Å². The van der Waals surface area contributed by atoms with Gasteiger partial charge in [0.2, 0.25) is 18.3 Å². The molecule has 0 aliphatic carbocycles. The molecule has 0 spiro atoms. The predicted molar refractivity (Wildman–Crippen MR) is 159 cm³/mol. The number of nitrogens with zero attached hydrogens (tertiary/aromatic N) is 1. The van der Waals surface area contributed by atoms with Gasteiger partial charge in [-0.05, 0) is 18.2 Å². The molecule has 2 saturated heterocycles. The van der Waals surface area contributed by atoms with Crippen molar-refractivity contribution in [3.63, 3.8) is 0 Å². The van der Waals surface area contributed by atoms with Crippen molar-refractivity contribution in [2.75, 3.05) is 13.2 Å². The van der Waals surface area contributed by atoms with Crippen molar-refractivity contribution in [3.8, 4) is 5.75 Å². The van der Waals surface area contributed by atoms with Crippen LogP contribution in [-0.2, 0) is 61.9 Å². The van der Waals surface area contributed by atoms with Crippen molar-refractivity contribution < 1.29 is 71.4 Å². The van der Waals surface area contributed by atoms with Crippen molar-refractivity contribution >= 4 is 62.6 Å². The number of rotatable bonds is 9. The Morgan fingerprint density at radius 1 is 0.681 bits per heavy atom. The number of aromatic nitrogens is 1. The number of hydrogen-bond acceptors (Lipinski definition) is 15. The SMILES string of the molecule is CC(=O)O[C@@H]1[C@@H](OC(C)=O)[C@H](O[C@@H]2CO[C@@H](Oc3cn(C(C)=O)c4ccc(Br)cc34)[C@H](OC(C)=O)[C@H]2OC(C)=O)OC[C@H]1OC(C)=O. The first-order valence-electron chi connectivity index (χ1n) is 14.4. The van der Waals surface area contributed by atoms with Gasteiger partial charge >= 0.3 is 29.8 Å². The number of hydrogen-bond donors (Lipinski definition) is 0. The second kappa shape index (κ2) is 15.2. The number of benzene rings is 1. The van der Waals surface area contributed by atoms with Crippen LogP contribution >= 0.6 is 15.9 Å². The van der Waals surface area contributed by atoms with Crippen LogP contribution in [0.2, 0.25) is 0 Å². The van der Waals surface area contributed by atoms with Crippen molar-refractivity contribution in [3.05, 3.63) is 28.9 Å². The molecule has 0 saturated carbocycles. The highest BCUT2D eigenvalue weighted by Gasteiger charge is 2.52. The van der Waals surface area contributed by atoms with Crippen LogP contribution in [0.4, 0.5) is 0 Å². The molecule has 2 fully saturated rings. The summed E-state index contributed by atoms with van der Waals surface area (Å²) in [4.78, 5) is 72.7. The van der Waals surface area contributed by atoms with Gasteiger partial charge in [0.15, 0.2) is 30.7 Å². The number of fused-ring (bicyclic) bond motifs is 1. The molecule has 1 aromatic heterocycles. The highest BCUT2D eigenvalue weighted by molar-refractivity contribution is 9.10. The Morgan fingerprint density at radius 3 is 1.72 bits per heavy atom. The second-order valence-corrected chi connectivity index (χ2v) is 11.6. The maximum atomic E-state index is 12.3. The first-order chi connectivity index (χ1) is 22.1. The van der Waals surface area contributed by atoms with E-state index in [2.05, 4.69) is 15.9 Å². The molecule has 0 unspecified atom stereocenters. The molecular weight excluding hydrogens is 694 g/mol. The van der Waals surface area contributed by atoms with Gasteiger partial charge < -0.3 is 42.6 Å². The van der Waals surface area contributed by atoms with E-state index in [9.17, 15) is 28.8 Å². The van der Waals surface area contributed by atoms with E-state index >= 15 is 0 Å². The van der Waals surface area contributed by atoms with Crippen LogP contribution in [-0.4, -0.2) is 103 Å². The number of carbonyl (C=O) groups excluding carboxylic acids is 6. The molecule has 8 atom stereocenters. The molecule has 256 valence electrons. The fourth-order valence-corrected chi connectivity index (χ4v) is 5.62. The summed E-state index contributed by atoms with van der Waals surface area (Å²) in [7, 11) is 0. The second-order valence-electron chi connectivity index (χ2n) is 10.7. The summed E-state index contributed by atoms with van der Waals surface area (Å²) in [6.45, 7) is 6.32. The van der Waals surface area contributed by atoms with Crippen molar-refractivity contribution in [2.45, 2.75) is 90.7 Å². The minimum atomic E-state index is -1.47. The zero-order valence-corrected chi connectivity index (χ0v) is 27.9. The Balaban J connectivity index is 1.67. The van der Waals surface area contributed by atoms with E-state index < -0.39 is 79.1 Å². The van der Waals surface area contributed by atoms with Gasteiger partial charge in [0.1, 0.15) is 11.9 Å². The number of ether oxygens (including phenoxy) is 9. The summed E-state index contributed by atoms with van der Waals surface area (Å²) in [5.41, 5.74) is 0.536. The molecule has 0 radical (unpaired) electrons. The molecular formula is C30H34BrNO15. The summed E-state index contributed by atoms with van der Waals surface area (Å²) >= 11 is 3.41. The molecule has 47 heavy (non-hydrogen) atoms. The minimum absolute atomic E-state index is 0.200. The lowest BCUT2D eigenvalue weighted by molar-refractivity contribution is -0.325. The predicted octanol–water partition coefficient (Wildman–Crippen LogP) is 2.20. The van der Waals surface area contributed by atoms with Crippen LogP contribution in [0.1, 0.15) is 46.3 Å². The third kappa shape index (κ3) is 8.85. The van der Waals surface area contributed by atoms with E-state index in [1.54, 1.807) is 18.2 Å². The smallest absolute Gasteiger partial charge is 0.303 e. The summed E-state index contributed by atoms with van der Waals surface area (Å²) in [6.07, 6.45) is -9.37. The fourth-order valence-electron chi connectivity index (χ4n) is 5.26. The molecule has 1 aromatic carbocycles. The molecule has 2 aromatic rings. The quantitative estimate of drug-likeness (QED) is 0.270. The first-order valence-corrected chi connectivity index (χ1v) is 15.2. The molecule has 0 amide bonds. The standard InChI is InChI=1S/C30H34BrNO15/c1-13(33)32-10-22(20-9-19(31)7-8-21(20)32)46-29-28(45-18(6)38)26(43-16(4)36)24(12-40-29)47-30-27(44-17(5)37)25(42-15(3)35)23(11-39-30)41-14(2)34/h7-10,23-30H,11-12H2,1-6H3/t23-,24-,25+,26+,27-,28-,29+,30+/m1/s1. The highest BCUT2D eigenvalue weighted by atomic mass is 79.9. The zero-order chi connectivity index (χ0) is 34.6. The molecule has 0 bridgehead atoms. The van der Waals surface area contributed by atoms with Crippen LogP contribution in [0, 0.1) is 0 Å². The van der Waals surface area contributed by atoms with Gasteiger partial charge in [-0.25, -0.2) is 0 Å². The molecule has 2 aliphatic heterocycles. The van der Waals surface area contributed by atoms with Crippen molar-refractivity contribution in [1.82, 2.24) is 4.57 Å². The lowest BCUT2D eigenvalue weighted by Gasteiger charge is -2.44. The summed E-state index contributed by atoms with van der Waals surface area (Å²) in [5.74, 6) is -3.91. The molecule has 4 rings (SSSR count). The first kappa shape index (κ1) is 35.8. The Bertz CT molecular complexity index is 1540. The Hall–Kier alpha value is -4.06. The third-order valence-electron chi connectivity index (χ3n) is 6.91.